The average molecular weight is 296 g/mol. The van der Waals surface area contributed by atoms with Gasteiger partial charge in [0.05, 0.1) is 18.9 Å². The number of para-hydroxylation sites is 1. The summed E-state index contributed by atoms with van der Waals surface area (Å²) in [4.78, 5) is 24.6. The van der Waals surface area contributed by atoms with Crippen LogP contribution in [0.4, 0.5) is 10.1 Å². The molecule has 21 heavy (non-hydrogen) atoms. The Morgan fingerprint density at radius 2 is 2.19 bits per heavy atom. The van der Waals surface area contributed by atoms with Gasteiger partial charge in [0.15, 0.2) is 0 Å². The van der Waals surface area contributed by atoms with Crippen LogP contribution in [0.3, 0.4) is 0 Å². The Kier molecular flexibility index (Phi) is 5.24. The van der Waals surface area contributed by atoms with E-state index in [1.807, 2.05) is 0 Å². The molecular formula is C14H17FN2O4. The van der Waals surface area contributed by atoms with Gasteiger partial charge in [0, 0.05) is 19.5 Å². The highest BCUT2D eigenvalue weighted by Crippen LogP contribution is 2.13. The number of nitrogens with one attached hydrogen (secondary N) is 1. The summed E-state index contributed by atoms with van der Waals surface area (Å²) in [6.45, 7) is 1.31. The Morgan fingerprint density at radius 3 is 2.90 bits per heavy atom. The second kappa shape index (κ2) is 7.14. The first-order chi connectivity index (χ1) is 10.1. The Balaban J connectivity index is 1.86. The number of ether oxygens (including phenoxy) is 1. The van der Waals surface area contributed by atoms with Crippen molar-refractivity contribution in [3.05, 3.63) is 30.1 Å². The smallest absolute Gasteiger partial charge is 0.323 e. The highest BCUT2D eigenvalue weighted by atomic mass is 19.1. The summed E-state index contributed by atoms with van der Waals surface area (Å²) in [5, 5.41) is 11.5. The van der Waals surface area contributed by atoms with E-state index in [-0.39, 0.29) is 24.6 Å². The van der Waals surface area contributed by atoms with Gasteiger partial charge in [0.25, 0.3) is 0 Å². The molecule has 0 spiro atoms. The molecule has 0 bridgehead atoms. The molecule has 1 saturated heterocycles. The van der Waals surface area contributed by atoms with Crippen LogP contribution in [-0.4, -0.2) is 54.2 Å². The first-order valence-corrected chi connectivity index (χ1v) is 6.67. The number of nitrogens with zero attached hydrogens (tertiary/aromatic N) is 1. The number of anilines is 1. The van der Waals surface area contributed by atoms with Crippen molar-refractivity contribution in [1.29, 1.82) is 0 Å². The van der Waals surface area contributed by atoms with E-state index in [0.29, 0.717) is 19.7 Å². The van der Waals surface area contributed by atoms with Gasteiger partial charge in [-0.15, -0.1) is 0 Å². The fourth-order valence-corrected chi connectivity index (χ4v) is 2.15. The van der Waals surface area contributed by atoms with Crippen LogP contribution in [-0.2, 0) is 14.3 Å². The van der Waals surface area contributed by atoms with Crippen LogP contribution in [0.1, 0.15) is 6.42 Å². The third-order valence-electron chi connectivity index (χ3n) is 3.30. The number of amides is 1. The summed E-state index contributed by atoms with van der Waals surface area (Å²) in [5.41, 5.74) is 0.124. The van der Waals surface area contributed by atoms with Crippen LogP contribution < -0.4 is 5.32 Å². The van der Waals surface area contributed by atoms with E-state index in [4.69, 9.17) is 9.84 Å². The zero-order valence-corrected chi connectivity index (χ0v) is 11.4. The molecule has 1 aliphatic heterocycles. The van der Waals surface area contributed by atoms with Crippen molar-refractivity contribution in [1.82, 2.24) is 4.90 Å². The Bertz CT molecular complexity index is 523. The summed E-state index contributed by atoms with van der Waals surface area (Å²) in [7, 11) is 0. The Labute approximate surface area is 121 Å². The zero-order chi connectivity index (χ0) is 15.2. The molecule has 114 valence electrons. The van der Waals surface area contributed by atoms with Gasteiger partial charge in [0.2, 0.25) is 5.91 Å². The predicted octanol–water partition coefficient (Wildman–Crippen LogP) is 0.940. The highest BCUT2D eigenvalue weighted by molar-refractivity contribution is 5.90. The topological polar surface area (TPSA) is 78.9 Å². The maximum atomic E-state index is 13.4. The second-order valence-corrected chi connectivity index (χ2v) is 4.74. The van der Waals surface area contributed by atoms with Gasteiger partial charge in [0.1, 0.15) is 11.9 Å². The fourth-order valence-electron chi connectivity index (χ4n) is 2.15. The number of hydrogen-bond donors (Lipinski definition) is 2. The first kappa shape index (κ1) is 15.4. The number of rotatable bonds is 5. The maximum Gasteiger partial charge on any atom is 0.323 e. The van der Waals surface area contributed by atoms with Crippen molar-refractivity contribution in [2.75, 3.05) is 31.6 Å². The minimum absolute atomic E-state index is 0.0954. The minimum Gasteiger partial charge on any atom is -0.480 e. The quantitative estimate of drug-likeness (QED) is 0.845. The van der Waals surface area contributed by atoms with Crippen LogP contribution in [0, 0.1) is 5.82 Å². The second-order valence-electron chi connectivity index (χ2n) is 4.74. The monoisotopic (exact) mass is 296 g/mol. The SMILES string of the molecule is O=C(CCN1CCOCC1C(=O)O)Nc1ccccc1F. The zero-order valence-electron chi connectivity index (χ0n) is 11.4. The minimum atomic E-state index is -0.968. The number of morpholine rings is 1. The van der Waals surface area contributed by atoms with Crippen LogP contribution in [0.2, 0.25) is 0 Å². The fraction of sp³-hybridized carbons (Fsp3) is 0.429. The molecule has 1 aliphatic rings. The summed E-state index contributed by atoms with van der Waals surface area (Å²) < 4.78 is 18.5. The van der Waals surface area contributed by atoms with Gasteiger partial charge in [-0.2, -0.15) is 0 Å². The highest BCUT2D eigenvalue weighted by Gasteiger charge is 2.29. The first-order valence-electron chi connectivity index (χ1n) is 6.67. The van der Waals surface area contributed by atoms with E-state index in [1.54, 1.807) is 11.0 Å². The average Bonchev–Trinajstić information content (AvgIpc) is 2.48. The van der Waals surface area contributed by atoms with E-state index >= 15 is 0 Å². The van der Waals surface area contributed by atoms with Gasteiger partial charge in [-0.05, 0) is 12.1 Å². The summed E-state index contributed by atoms with van der Waals surface area (Å²) in [6, 6.07) is 5.16. The number of carboxylic acids is 1. The van der Waals surface area contributed by atoms with E-state index in [2.05, 4.69) is 5.32 Å². The molecule has 1 amide bonds. The maximum absolute atomic E-state index is 13.4. The molecule has 1 atom stereocenters. The van der Waals surface area contributed by atoms with Crippen molar-refractivity contribution >= 4 is 17.6 Å². The molecule has 1 fully saturated rings. The Morgan fingerprint density at radius 1 is 1.43 bits per heavy atom. The normalized spacial score (nSPS) is 19.2. The number of hydrogen-bond acceptors (Lipinski definition) is 4. The molecule has 1 unspecified atom stereocenters. The number of halogens is 1. The molecule has 0 aliphatic carbocycles. The molecule has 7 heteroatoms. The van der Waals surface area contributed by atoms with Gasteiger partial charge in [-0.25, -0.2) is 4.39 Å². The molecule has 2 rings (SSSR count). The van der Waals surface area contributed by atoms with Crippen LogP contribution >= 0.6 is 0 Å². The lowest BCUT2D eigenvalue weighted by Gasteiger charge is -2.32. The van der Waals surface area contributed by atoms with Gasteiger partial charge >= 0.3 is 5.97 Å². The van der Waals surface area contributed by atoms with Crippen molar-refractivity contribution in [3.8, 4) is 0 Å². The van der Waals surface area contributed by atoms with Gasteiger partial charge in [-0.1, -0.05) is 12.1 Å². The van der Waals surface area contributed by atoms with Crippen LogP contribution in [0.25, 0.3) is 0 Å². The molecule has 0 saturated carbocycles. The van der Waals surface area contributed by atoms with Gasteiger partial charge in [-0.3, -0.25) is 14.5 Å². The lowest BCUT2D eigenvalue weighted by molar-refractivity contribution is -0.150. The van der Waals surface area contributed by atoms with Crippen molar-refractivity contribution < 1.29 is 23.8 Å². The Hall–Kier alpha value is -1.99. The molecule has 0 aromatic heterocycles. The number of aliphatic carboxylic acids is 1. The van der Waals surface area contributed by atoms with E-state index in [9.17, 15) is 14.0 Å². The number of carboxylic acid groups (broad SMARTS) is 1. The summed E-state index contributed by atoms with van der Waals surface area (Å²) in [5.74, 6) is -1.82. The molecular weight excluding hydrogens is 279 g/mol. The summed E-state index contributed by atoms with van der Waals surface area (Å²) in [6.07, 6.45) is 0.0954. The summed E-state index contributed by atoms with van der Waals surface area (Å²) >= 11 is 0. The largest absolute Gasteiger partial charge is 0.480 e. The van der Waals surface area contributed by atoms with E-state index < -0.39 is 17.8 Å². The third kappa shape index (κ3) is 4.24. The van der Waals surface area contributed by atoms with E-state index in [1.165, 1.54) is 18.2 Å². The molecule has 2 N–H and O–H groups in total. The van der Waals surface area contributed by atoms with Gasteiger partial charge < -0.3 is 15.2 Å². The number of carbonyl (C=O) groups is 2. The lowest BCUT2D eigenvalue weighted by Crippen LogP contribution is -2.50. The molecule has 1 aromatic carbocycles. The predicted molar refractivity (Wildman–Crippen MR) is 73.5 cm³/mol. The third-order valence-corrected chi connectivity index (χ3v) is 3.30. The van der Waals surface area contributed by atoms with E-state index in [0.717, 1.165) is 0 Å². The standard InChI is InChI=1S/C14H17FN2O4/c15-10-3-1-2-4-11(10)16-13(18)5-6-17-7-8-21-9-12(17)14(19)20/h1-4,12H,5-9H2,(H,16,18)(H,19,20). The molecule has 1 aromatic rings. The molecule has 0 radical (unpaired) electrons. The number of carbonyl (C=O) groups excluding carboxylic acids is 1. The molecule has 6 nitrogen and oxygen atoms in total. The van der Waals surface area contributed by atoms with Crippen LogP contribution in [0.15, 0.2) is 24.3 Å². The van der Waals surface area contributed by atoms with Crippen LogP contribution in [0.5, 0.6) is 0 Å². The molecule has 1 heterocycles. The van der Waals surface area contributed by atoms with Crippen molar-refractivity contribution in [3.63, 3.8) is 0 Å². The van der Waals surface area contributed by atoms with Crippen molar-refractivity contribution in [2.45, 2.75) is 12.5 Å². The lowest BCUT2D eigenvalue weighted by atomic mass is 10.2. The number of benzene rings is 1. The van der Waals surface area contributed by atoms with Crippen molar-refractivity contribution in [2.24, 2.45) is 0 Å².